The third-order valence-corrected chi connectivity index (χ3v) is 4.50. The maximum Gasteiger partial charge on any atom is 0.272 e. The number of tetrazole rings is 1. The van der Waals surface area contributed by atoms with E-state index < -0.39 is 0 Å². The molecule has 0 aliphatic rings. The number of nitrogens with zero attached hydrogens (tertiary/aromatic N) is 8. The molecule has 0 saturated heterocycles. The molecule has 0 N–H and O–H groups in total. The topological polar surface area (TPSA) is 95.8 Å². The summed E-state index contributed by atoms with van der Waals surface area (Å²) in [6.07, 6.45) is 0.732. The summed E-state index contributed by atoms with van der Waals surface area (Å²) >= 11 is 1.41. The van der Waals surface area contributed by atoms with Crippen molar-refractivity contribution in [1.82, 2.24) is 39.4 Å². The Morgan fingerprint density at radius 2 is 2.09 bits per heavy atom. The zero-order valence-corrected chi connectivity index (χ0v) is 12.8. The fraction of sp³-hybridized carbons (Fsp3) is 0.333. The lowest BCUT2D eigenvalue weighted by atomic mass is 10.4. The molecular formula is C12H12N8OS. The predicted molar refractivity (Wildman–Crippen MR) is 79.9 cm³/mol. The molecule has 0 aliphatic carbocycles. The summed E-state index contributed by atoms with van der Waals surface area (Å²) in [5.74, 6) is 1.98. The van der Waals surface area contributed by atoms with E-state index in [1.165, 1.54) is 15.9 Å². The molecule has 0 saturated carbocycles. The van der Waals surface area contributed by atoms with Crippen molar-refractivity contribution in [3.8, 4) is 0 Å². The molecule has 9 nitrogen and oxygen atoms in total. The van der Waals surface area contributed by atoms with Crippen molar-refractivity contribution in [2.45, 2.75) is 19.9 Å². The van der Waals surface area contributed by atoms with E-state index in [0.717, 1.165) is 17.8 Å². The minimum Gasteiger partial charge on any atom is -0.279 e. The molecule has 22 heavy (non-hydrogen) atoms. The van der Waals surface area contributed by atoms with Crippen LogP contribution in [-0.2, 0) is 20.0 Å². The van der Waals surface area contributed by atoms with Gasteiger partial charge >= 0.3 is 0 Å². The molecule has 112 valence electrons. The van der Waals surface area contributed by atoms with Crippen LogP contribution in [0, 0.1) is 0 Å². The maximum atomic E-state index is 12.3. The van der Waals surface area contributed by atoms with Crippen molar-refractivity contribution < 1.29 is 0 Å². The maximum absolute atomic E-state index is 12.3. The fourth-order valence-electron chi connectivity index (χ4n) is 2.49. The van der Waals surface area contributed by atoms with Gasteiger partial charge < -0.3 is 0 Å². The van der Waals surface area contributed by atoms with Gasteiger partial charge in [0, 0.05) is 13.5 Å². The summed E-state index contributed by atoms with van der Waals surface area (Å²) in [4.78, 5) is 12.3. The van der Waals surface area contributed by atoms with Crippen LogP contribution < -0.4 is 5.56 Å². The molecule has 10 heteroatoms. The van der Waals surface area contributed by atoms with E-state index in [1.807, 2.05) is 22.8 Å². The Labute approximate surface area is 127 Å². The third-order valence-electron chi connectivity index (χ3n) is 3.61. The smallest absolute Gasteiger partial charge is 0.272 e. The molecule has 0 amide bonds. The first-order valence-electron chi connectivity index (χ1n) is 6.76. The highest BCUT2D eigenvalue weighted by molar-refractivity contribution is 7.17. The molecule has 0 aromatic carbocycles. The van der Waals surface area contributed by atoms with E-state index in [1.54, 1.807) is 11.7 Å². The van der Waals surface area contributed by atoms with Crippen molar-refractivity contribution in [3.63, 3.8) is 0 Å². The SMILES string of the molecule is CCc1nnnn1Cc1nnc2n(C)c(=O)c3sccc3n12. The normalized spacial score (nSPS) is 11.7. The number of rotatable bonds is 3. The number of thiophene rings is 1. The lowest BCUT2D eigenvalue weighted by Gasteiger charge is -2.05. The van der Waals surface area contributed by atoms with Crippen molar-refractivity contribution >= 4 is 27.3 Å². The van der Waals surface area contributed by atoms with Gasteiger partial charge in [-0.25, -0.2) is 4.68 Å². The quantitative estimate of drug-likeness (QED) is 0.537. The summed E-state index contributed by atoms with van der Waals surface area (Å²) in [5, 5.41) is 21.9. The van der Waals surface area contributed by atoms with Gasteiger partial charge in [-0.15, -0.1) is 26.6 Å². The summed E-state index contributed by atoms with van der Waals surface area (Å²) < 4.78 is 5.77. The number of hydrogen-bond acceptors (Lipinski definition) is 7. The van der Waals surface area contributed by atoms with E-state index in [9.17, 15) is 4.79 Å². The van der Waals surface area contributed by atoms with E-state index in [0.29, 0.717) is 22.8 Å². The Morgan fingerprint density at radius 1 is 1.23 bits per heavy atom. The largest absolute Gasteiger partial charge is 0.279 e. The Kier molecular flexibility index (Phi) is 2.79. The first-order chi connectivity index (χ1) is 10.7. The van der Waals surface area contributed by atoms with Crippen LogP contribution in [0.5, 0.6) is 0 Å². The van der Waals surface area contributed by atoms with Crippen LogP contribution in [0.15, 0.2) is 16.2 Å². The van der Waals surface area contributed by atoms with E-state index in [-0.39, 0.29) is 5.56 Å². The Bertz CT molecular complexity index is 1040. The Morgan fingerprint density at radius 3 is 2.91 bits per heavy atom. The third kappa shape index (κ3) is 1.70. The molecule has 0 spiro atoms. The lowest BCUT2D eigenvalue weighted by Crippen LogP contribution is -2.19. The van der Waals surface area contributed by atoms with E-state index >= 15 is 0 Å². The molecular weight excluding hydrogens is 304 g/mol. The van der Waals surface area contributed by atoms with Crippen molar-refractivity contribution in [2.24, 2.45) is 7.05 Å². The van der Waals surface area contributed by atoms with Gasteiger partial charge in [-0.1, -0.05) is 6.92 Å². The number of fused-ring (bicyclic) bond motifs is 3. The highest BCUT2D eigenvalue weighted by Gasteiger charge is 2.17. The summed E-state index contributed by atoms with van der Waals surface area (Å²) in [6.45, 7) is 2.39. The first kappa shape index (κ1) is 13.1. The molecule has 0 bridgehead atoms. The van der Waals surface area contributed by atoms with Crippen LogP contribution in [0.3, 0.4) is 0 Å². The fourth-order valence-corrected chi connectivity index (χ4v) is 3.34. The first-order valence-corrected chi connectivity index (χ1v) is 7.64. The van der Waals surface area contributed by atoms with Gasteiger partial charge in [0.2, 0.25) is 5.78 Å². The van der Waals surface area contributed by atoms with Crippen LogP contribution in [0.25, 0.3) is 16.0 Å². The van der Waals surface area contributed by atoms with Crippen molar-refractivity contribution in [1.29, 1.82) is 0 Å². The molecule has 0 atom stereocenters. The van der Waals surface area contributed by atoms with Gasteiger partial charge in [0.1, 0.15) is 11.2 Å². The summed E-state index contributed by atoms with van der Waals surface area (Å²) in [5.41, 5.74) is 0.752. The second-order valence-corrected chi connectivity index (χ2v) is 5.77. The highest BCUT2D eigenvalue weighted by atomic mass is 32.1. The second kappa shape index (κ2) is 4.70. The molecule has 0 radical (unpaired) electrons. The Balaban J connectivity index is 1.98. The highest BCUT2D eigenvalue weighted by Crippen LogP contribution is 2.19. The van der Waals surface area contributed by atoms with E-state index in [2.05, 4.69) is 25.7 Å². The van der Waals surface area contributed by atoms with Gasteiger partial charge in [0.25, 0.3) is 5.56 Å². The van der Waals surface area contributed by atoms with Crippen LogP contribution in [0.2, 0.25) is 0 Å². The molecule has 4 heterocycles. The zero-order valence-electron chi connectivity index (χ0n) is 12.0. The number of hydrogen-bond donors (Lipinski definition) is 0. The second-order valence-electron chi connectivity index (χ2n) is 4.86. The van der Waals surface area contributed by atoms with Gasteiger partial charge in [0.15, 0.2) is 11.6 Å². The molecule has 0 unspecified atom stereocenters. The monoisotopic (exact) mass is 316 g/mol. The Hall–Kier alpha value is -2.62. The van der Waals surface area contributed by atoms with Crippen LogP contribution in [0.1, 0.15) is 18.6 Å². The van der Waals surface area contributed by atoms with Crippen LogP contribution in [0.4, 0.5) is 0 Å². The average molecular weight is 316 g/mol. The zero-order chi connectivity index (χ0) is 15.3. The predicted octanol–water partition coefficient (Wildman–Crippen LogP) is 0.240. The molecule has 4 rings (SSSR count). The van der Waals surface area contributed by atoms with Crippen molar-refractivity contribution in [3.05, 3.63) is 33.4 Å². The van der Waals surface area contributed by atoms with Crippen LogP contribution in [-0.4, -0.2) is 39.4 Å². The number of aromatic nitrogens is 8. The average Bonchev–Trinajstić information content (AvgIpc) is 3.23. The number of aryl methyl sites for hydroxylation is 2. The minimum atomic E-state index is -0.0619. The molecule has 0 aliphatic heterocycles. The van der Waals surface area contributed by atoms with Gasteiger partial charge in [-0.2, -0.15) is 0 Å². The summed E-state index contributed by atoms with van der Waals surface area (Å²) in [7, 11) is 1.70. The van der Waals surface area contributed by atoms with E-state index in [4.69, 9.17) is 0 Å². The molecule has 0 fully saturated rings. The van der Waals surface area contributed by atoms with Crippen molar-refractivity contribution in [2.75, 3.05) is 0 Å². The standard InChI is InChI=1S/C12H12N8OS/c1-3-8-14-16-17-19(8)6-9-13-15-12-18(2)11(21)10-7(20(9)12)4-5-22-10/h4-5H,3,6H2,1-2H3. The molecule has 4 aromatic rings. The van der Waals surface area contributed by atoms with Gasteiger partial charge in [-0.3, -0.25) is 13.8 Å². The molecule has 4 aromatic heterocycles. The van der Waals surface area contributed by atoms with Gasteiger partial charge in [-0.05, 0) is 21.9 Å². The van der Waals surface area contributed by atoms with Gasteiger partial charge in [0.05, 0.1) is 5.52 Å². The van der Waals surface area contributed by atoms with Crippen LogP contribution >= 0.6 is 11.3 Å². The minimum absolute atomic E-state index is 0.0619. The lowest BCUT2D eigenvalue weighted by molar-refractivity contribution is 0.597. The summed E-state index contributed by atoms with van der Waals surface area (Å²) in [6, 6.07) is 1.90.